The summed E-state index contributed by atoms with van der Waals surface area (Å²) in [6.45, 7) is 0. The van der Waals surface area contributed by atoms with Crippen molar-refractivity contribution in [2.24, 2.45) is 0 Å². The van der Waals surface area contributed by atoms with Crippen LogP contribution in [0.5, 0.6) is 0 Å². The van der Waals surface area contributed by atoms with Gasteiger partial charge in [0, 0.05) is 18.0 Å². The quantitative estimate of drug-likeness (QED) is 0.619. The van der Waals surface area contributed by atoms with Crippen LogP contribution < -0.4 is 5.32 Å². The number of rotatable bonds is 3. The first-order valence-electron chi connectivity index (χ1n) is 7.75. The fraction of sp³-hybridized carbons (Fsp3) is 0.111. The van der Waals surface area contributed by atoms with Gasteiger partial charge in [-0.25, -0.2) is 4.68 Å². The maximum Gasteiger partial charge on any atom is 0.418 e. The van der Waals surface area contributed by atoms with Crippen LogP contribution in [0.3, 0.4) is 0 Å². The second kappa shape index (κ2) is 7.02. The van der Waals surface area contributed by atoms with Crippen molar-refractivity contribution in [1.29, 1.82) is 0 Å². The summed E-state index contributed by atoms with van der Waals surface area (Å²) in [4.78, 5) is 12.2. The number of hydrogen-bond donors (Lipinski definition) is 1. The molecular weight excluding hydrogens is 388 g/mol. The van der Waals surface area contributed by atoms with Crippen LogP contribution in [0.2, 0.25) is 0 Å². The lowest BCUT2D eigenvalue weighted by atomic mass is 10.1. The molecule has 0 saturated heterocycles. The van der Waals surface area contributed by atoms with Crippen LogP contribution in [-0.2, 0) is 12.4 Å². The number of amides is 1. The third-order valence-electron chi connectivity index (χ3n) is 3.80. The summed E-state index contributed by atoms with van der Waals surface area (Å²) < 4.78 is 79.1. The highest BCUT2D eigenvalue weighted by atomic mass is 19.4. The molecule has 0 saturated carbocycles. The lowest BCUT2D eigenvalue weighted by Gasteiger charge is -2.16. The van der Waals surface area contributed by atoms with Gasteiger partial charge in [-0.15, -0.1) is 0 Å². The monoisotopic (exact) mass is 399 g/mol. The summed E-state index contributed by atoms with van der Waals surface area (Å²) in [5, 5.41) is 5.94. The molecule has 1 heterocycles. The van der Waals surface area contributed by atoms with Gasteiger partial charge in [-0.2, -0.15) is 31.4 Å². The number of carbonyl (C=O) groups is 1. The molecule has 4 nitrogen and oxygen atoms in total. The first-order valence-corrected chi connectivity index (χ1v) is 7.75. The molecule has 3 rings (SSSR count). The number of aromatic nitrogens is 2. The Morgan fingerprint density at radius 1 is 0.929 bits per heavy atom. The number of benzene rings is 2. The molecule has 146 valence electrons. The van der Waals surface area contributed by atoms with Crippen LogP contribution in [0.15, 0.2) is 60.9 Å². The summed E-state index contributed by atoms with van der Waals surface area (Å²) in [7, 11) is 0. The van der Waals surface area contributed by atoms with E-state index in [0.29, 0.717) is 12.1 Å². The molecular formula is C18H11F6N3O. The molecule has 0 bridgehead atoms. The van der Waals surface area contributed by atoms with Gasteiger partial charge in [0.2, 0.25) is 0 Å². The molecule has 1 amide bonds. The molecule has 0 aliphatic heterocycles. The fourth-order valence-corrected chi connectivity index (χ4v) is 2.44. The van der Waals surface area contributed by atoms with Crippen molar-refractivity contribution in [3.63, 3.8) is 0 Å². The number of nitrogens with zero attached hydrogens (tertiary/aromatic N) is 2. The molecule has 28 heavy (non-hydrogen) atoms. The molecule has 3 aromatic rings. The van der Waals surface area contributed by atoms with Crippen LogP contribution in [0.4, 0.5) is 32.0 Å². The van der Waals surface area contributed by atoms with Crippen LogP contribution in [-0.4, -0.2) is 15.7 Å². The molecule has 1 N–H and O–H groups in total. The van der Waals surface area contributed by atoms with E-state index in [2.05, 4.69) is 10.4 Å². The number of nitrogens with one attached hydrogen (secondary N) is 1. The largest absolute Gasteiger partial charge is 0.418 e. The molecule has 0 aliphatic rings. The number of hydrogen-bond acceptors (Lipinski definition) is 2. The minimum atomic E-state index is -4.77. The number of alkyl halides is 6. The van der Waals surface area contributed by atoms with Crippen LogP contribution in [0.25, 0.3) is 5.69 Å². The standard InChI is InChI=1S/C18H11F6N3O/c19-17(20,21)12-4-2-11(3-5-12)16(28)26-15-7-6-13(27-9-1-8-25-27)10-14(15)18(22,23)24/h1-10H,(H,26,28). The van der Waals surface area contributed by atoms with E-state index in [9.17, 15) is 31.1 Å². The van der Waals surface area contributed by atoms with E-state index in [1.807, 2.05) is 0 Å². The van der Waals surface area contributed by atoms with E-state index in [1.165, 1.54) is 29.2 Å². The Balaban J connectivity index is 1.90. The Kier molecular flexibility index (Phi) is 4.88. The average Bonchev–Trinajstić information content (AvgIpc) is 3.15. The SMILES string of the molecule is O=C(Nc1ccc(-n2cccn2)cc1C(F)(F)F)c1ccc(C(F)(F)F)cc1. The van der Waals surface area contributed by atoms with Gasteiger partial charge in [0.1, 0.15) is 0 Å². The topological polar surface area (TPSA) is 46.9 Å². The highest BCUT2D eigenvalue weighted by Crippen LogP contribution is 2.36. The molecule has 0 aliphatic carbocycles. The number of anilines is 1. The zero-order valence-electron chi connectivity index (χ0n) is 13.8. The van der Waals surface area contributed by atoms with Crippen molar-refractivity contribution in [2.45, 2.75) is 12.4 Å². The maximum atomic E-state index is 13.4. The molecule has 10 heteroatoms. The third-order valence-corrected chi connectivity index (χ3v) is 3.80. The second-order valence-electron chi connectivity index (χ2n) is 5.71. The van der Waals surface area contributed by atoms with Crippen LogP contribution in [0, 0.1) is 0 Å². The van der Waals surface area contributed by atoms with Gasteiger partial charge in [-0.05, 0) is 48.5 Å². The molecule has 0 spiro atoms. The smallest absolute Gasteiger partial charge is 0.321 e. The fourth-order valence-electron chi connectivity index (χ4n) is 2.44. The summed E-state index contributed by atoms with van der Waals surface area (Å²) in [5.74, 6) is -0.967. The molecule has 2 aromatic carbocycles. The van der Waals surface area contributed by atoms with Gasteiger partial charge in [0.05, 0.1) is 22.5 Å². The summed E-state index contributed by atoms with van der Waals surface area (Å²) in [5.41, 5.74) is -2.68. The maximum absolute atomic E-state index is 13.4. The summed E-state index contributed by atoms with van der Waals surface area (Å²) in [6.07, 6.45) is -6.50. The highest BCUT2D eigenvalue weighted by Gasteiger charge is 2.35. The molecule has 0 unspecified atom stereocenters. The summed E-state index contributed by atoms with van der Waals surface area (Å²) in [6, 6.07) is 7.88. The molecule has 1 aromatic heterocycles. The molecule has 0 atom stereocenters. The predicted molar refractivity (Wildman–Crippen MR) is 88.0 cm³/mol. The first kappa shape index (κ1) is 19.5. The van der Waals surface area contributed by atoms with Crippen molar-refractivity contribution in [1.82, 2.24) is 9.78 Å². The van der Waals surface area contributed by atoms with Gasteiger partial charge in [-0.3, -0.25) is 4.79 Å². The normalized spacial score (nSPS) is 12.1. The van der Waals surface area contributed by atoms with Crippen molar-refractivity contribution >= 4 is 11.6 Å². The average molecular weight is 399 g/mol. The Hall–Kier alpha value is -3.30. The van der Waals surface area contributed by atoms with E-state index in [0.717, 1.165) is 24.3 Å². The Bertz CT molecular complexity index is 976. The number of halogens is 6. The molecule has 0 radical (unpaired) electrons. The third kappa shape index (κ3) is 4.16. The van der Waals surface area contributed by atoms with Gasteiger partial charge < -0.3 is 5.32 Å². The lowest BCUT2D eigenvalue weighted by molar-refractivity contribution is -0.138. The summed E-state index contributed by atoms with van der Waals surface area (Å²) >= 11 is 0. The van der Waals surface area contributed by atoms with Crippen molar-refractivity contribution < 1.29 is 31.1 Å². The van der Waals surface area contributed by atoms with Crippen LogP contribution in [0.1, 0.15) is 21.5 Å². The Morgan fingerprint density at radius 2 is 1.61 bits per heavy atom. The van der Waals surface area contributed by atoms with Crippen molar-refractivity contribution in [3.05, 3.63) is 77.6 Å². The second-order valence-corrected chi connectivity index (χ2v) is 5.71. The van der Waals surface area contributed by atoms with E-state index in [-0.39, 0.29) is 11.3 Å². The Labute approximate surface area is 154 Å². The highest BCUT2D eigenvalue weighted by molar-refractivity contribution is 6.04. The van der Waals surface area contributed by atoms with E-state index >= 15 is 0 Å². The van der Waals surface area contributed by atoms with Gasteiger partial charge in [-0.1, -0.05) is 0 Å². The molecule has 0 fully saturated rings. The van der Waals surface area contributed by atoms with E-state index < -0.39 is 35.1 Å². The van der Waals surface area contributed by atoms with E-state index in [1.54, 1.807) is 0 Å². The first-order chi connectivity index (χ1) is 13.1. The van der Waals surface area contributed by atoms with E-state index in [4.69, 9.17) is 0 Å². The number of carbonyl (C=O) groups excluding carboxylic acids is 1. The van der Waals surface area contributed by atoms with Gasteiger partial charge >= 0.3 is 12.4 Å². The van der Waals surface area contributed by atoms with Gasteiger partial charge in [0.15, 0.2) is 0 Å². The van der Waals surface area contributed by atoms with Crippen LogP contribution >= 0.6 is 0 Å². The zero-order chi connectivity index (χ0) is 20.5. The van der Waals surface area contributed by atoms with Gasteiger partial charge in [0.25, 0.3) is 5.91 Å². The van der Waals surface area contributed by atoms with Crippen molar-refractivity contribution in [3.8, 4) is 5.69 Å². The predicted octanol–water partition coefficient (Wildman–Crippen LogP) is 5.16. The van der Waals surface area contributed by atoms with Crippen molar-refractivity contribution in [2.75, 3.05) is 5.32 Å². The minimum Gasteiger partial charge on any atom is -0.321 e. The Morgan fingerprint density at radius 3 is 2.14 bits per heavy atom. The minimum absolute atomic E-state index is 0.129. The zero-order valence-corrected chi connectivity index (χ0v) is 13.8. The lowest BCUT2D eigenvalue weighted by Crippen LogP contribution is -2.17.